The van der Waals surface area contributed by atoms with Crippen LogP contribution in [-0.2, 0) is 9.59 Å². The van der Waals surface area contributed by atoms with Crippen molar-refractivity contribution >= 4 is 23.2 Å². The maximum Gasteiger partial charge on any atom is 0.240 e. The Morgan fingerprint density at radius 2 is 1.59 bits per heavy atom. The number of rotatable bonds is 14. The van der Waals surface area contributed by atoms with Gasteiger partial charge in [0.05, 0.1) is 5.71 Å². The SMILES string of the molecule is CCCCCCCCCCCC(=O)NN=C(C)c1cccc(NC(=O)C2CCCCC2)c1. The summed E-state index contributed by atoms with van der Waals surface area (Å²) in [6, 6.07) is 7.68. The lowest BCUT2D eigenvalue weighted by Gasteiger charge is -2.20. The van der Waals surface area contributed by atoms with E-state index in [2.05, 4.69) is 22.8 Å². The van der Waals surface area contributed by atoms with Crippen molar-refractivity contribution < 1.29 is 9.59 Å². The van der Waals surface area contributed by atoms with Gasteiger partial charge in [-0.05, 0) is 43.9 Å². The van der Waals surface area contributed by atoms with Crippen molar-refractivity contribution in [3.05, 3.63) is 29.8 Å². The van der Waals surface area contributed by atoms with Crippen molar-refractivity contribution in [1.29, 1.82) is 0 Å². The predicted octanol–water partition coefficient (Wildman–Crippen LogP) is 6.97. The maximum absolute atomic E-state index is 12.5. The zero-order chi connectivity index (χ0) is 23.0. The van der Waals surface area contributed by atoms with Crippen molar-refractivity contribution in [1.82, 2.24) is 5.43 Å². The minimum atomic E-state index is -0.0333. The summed E-state index contributed by atoms with van der Waals surface area (Å²) in [5, 5.41) is 7.31. The van der Waals surface area contributed by atoms with Gasteiger partial charge in [-0.1, -0.05) is 89.7 Å². The number of nitrogens with one attached hydrogen (secondary N) is 2. The van der Waals surface area contributed by atoms with Crippen LogP contribution in [0.3, 0.4) is 0 Å². The van der Waals surface area contributed by atoms with E-state index in [4.69, 9.17) is 0 Å². The summed E-state index contributed by atoms with van der Waals surface area (Å²) in [7, 11) is 0. The van der Waals surface area contributed by atoms with Gasteiger partial charge in [0.25, 0.3) is 0 Å². The zero-order valence-electron chi connectivity index (χ0n) is 20.3. The molecule has 0 saturated heterocycles. The van der Waals surface area contributed by atoms with E-state index in [1.54, 1.807) is 0 Å². The highest BCUT2D eigenvalue weighted by Gasteiger charge is 2.21. The third kappa shape index (κ3) is 10.4. The third-order valence-electron chi connectivity index (χ3n) is 6.38. The lowest BCUT2D eigenvalue weighted by molar-refractivity contribution is -0.121. The molecule has 1 aromatic carbocycles. The van der Waals surface area contributed by atoms with E-state index in [0.29, 0.717) is 6.42 Å². The van der Waals surface area contributed by atoms with Gasteiger partial charge in [-0.15, -0.1) is 0 Å². The van der Waals surface area contributed by atoms with Crippen LogP contribution in [0.2, 0.25) is 0 Å². The number of unbranched alkanes of at least 4 members (excludes halogenated alkanes) is 8. The normalized spacial score (nSPS) is 14.9. The Kier molecular flexibility index (Phi) is 12.7. The van der Waals surface area contributed by atoms with E-state index in [0.717, 1.165) is 55.5 Å². The Bertz CT molecular complexity index is 723. The molecule has 178 valence electrons. The Morgan fingerprint density at radius 1 is 0.938 bits per heavy atom. The van der Waals surface area contributed by atoms with Gasteiger partial charge in [-0.2, -0.15) is 5.10 Å². The Morgan fingerprint density at radius 3 is 2.28 bits per heavy atom. The molecule has 2 amide bonds. The summed E-state index contributed by atoms with van der Waals surface area (Å²) in [6.45, 7) is 4.12. The Labute approximate surface area is 194 Å². The van der Waals surface area contributed by atoms with Gasteiger partial charge in [0.1, 0.15) is 0 Å². The van der Waals surface area contributed by atoms with Crippen LogP contribution in [-0.4, -0.2) is 17.5 Å². The van der Waals surface area contributed by atoms with Gasteiger partial charge in [-0.25, -0.2) is 5.43 Å². The fourth-order valence-electron chi connectivity index (χ4n) is 4.29. The quantitative estimate of drug-likeness (QED) is 0.186. The number of benzene rings is 1. The second kappa shape index (κ2) is 15.6. The number of hydrazone groups is 1. The maximum atomic E-state index is 12.5. The first-order valence-corrected chi connectivity index (χ1v) is 12.8. The fourth-order valence-corrected chi connectivity index (χ4v) is 4.29. The second-order valence-electron chi connectivity index (χ2n) is 9.22. The van der Waals surface area contributed by atoms with Gasteiger partial charge in [0.2, 0.25) is 11.8 Å². The molecule has 0 aliphatic heterocycles. The lowest BCUT2D eigenvalue weighted by atomic mass is 9.88. The van der Waals surface area contributed by atoms with Crippen LogP contribution in [0.15, 0.2) is 29.4 Å². The van der Waals surface area contributed by atoms with E-state index in [1.165, 1.54) is 51.4 Å². The molecule has 2 rings (SSSR count). The summed E-state index contributed by atoms with van der Waals surface area (Å²) in [5.74, 6) is 0.210. The van der Waals surface area contributed by atoms with Crippen LogP contribution in [0.25, 0.3) is 0 Å². The molecule has 0 heterocycles. The average molecular weight is 442 g/mol. The minimum absolute atomic E-state index is 0.0333. The standard InChI is InChI=1S/C27H43N3O2/c1-3-4-5-6-7-8-9-10-14-20-26(31)30-29-22(2)24-18-15-19-25(21-24)28-27(32)23-16-12-11-13-17-23/h15,18-19,21,23H,3-14,16-17,20H2,1-2H3,(H,28,32)(H,30,31). The van der Waals surface area contributed by atoms with Gasteiger partial charge < -0.3 is 5.32 Å². The van der Waals surface area contributed by atoms with Crippen LogP contribution < -0.4 is 10.7 Å². The molecule has 5 nitrogen and oxygen atoms in total. The largest absolute Gasteiger partial charge is 0.326 e. The first-order chi connectivity index (χ1) is 15.6. The van der Waals surface area contributed by atoms with Crippen LogP contribution >= 0.6 is 0 Å². The smallest absolute Gasteiger partial charge is 0.240 e. The topological polar surface area (TPSA) is 70.6 Å². The fraction of sp³-hybridized carbons (Fsp3) is 0.667. The first kappa shape index (κ1) is 26.1. The van der Waals surface area contributed by atoms with Crippen molar-refractivity contribution in [3.63, 3.8) is 0 Å². The number of hydrogen-bond acceptors (Lipinski definition) is 3. The van der Waals surface area contributed by atoms with E-state index >= 15 is 0 Å². The number of carbonyl (C=O) groups is 2. The average Bonchev–Trinajstić information content (AvgIpc) is 2.82. The van der Waals surface area contributed by atoms with Gasteiger partial charge in [0, 0.05) is 18.0 Å². The Balaban J connectivity index is 1.68. The molecule has 5 heteroatoms. The minimum Gasteiger partial charge on any atom is -0.326 e. The summed E-state index contributed by atoms with van der Waals surface area (Å²) in [4.78, 5) is 24.6. The van der Waals surface area contributed by atoms with E-state index in [-0.39, 0.29) is 17.7 Å². The van der Waals surface area contributed by atoms with E-state index in [1.807, 2.05) is 31.2 Å². The molecule has 1 saturated carbocycles. The van der Waals surface area contributed by atoms with Crippen molar-refractivity contribution in [3.8, 4) is 0 Å². The molecular weight excluding hydrogens is 398 g/mol. The number of amides is 2. The van der Waals surface area contributed by atoms with Crippen LogP contribution in [0, 0.1) is 5.92 Å². The molecule has 1 fully saturated rings. The highest BCUT2D eigenvalue weighted by Crippen LogP contribution is 2.25. The summed E-state index contributed by atoms with van der Waals surface area (Å²) in [5.41, 5.74) is 5.10. The van der Waals surface area contributed by atoms with Crippen LogP contribution in [0.4, 0.5) is 5.69 Å². The molecule has 1 aliphatic rings. The van der Waals surface area contributed by atoms with Crippen molar-refractivity contribution in [2.75, 3.05) is 5.32 Å². The van der Waals surface area contributed by atoms with Gasteiger partial charge in [0.15, 0.2) is 0 Å². The lowest BCUT2D eigenvalue weighted by Crippen LogP contribution is -2.24. The third-order valence-corrected chi connectivity index (χ3v) is 6.38. The van der Waals surface area contributed by atoms with Crippen molar-refractivity contribution in [2.24, 2.45) is 11.0 Å². The van der Waals surface area contributed by atoms with E-state index in [9.17, 15) is 9.59 Å². The van der Waals surface area contributed by atoms with E-state index < -0.39 is 0 Å². The molecule has 2 N–H and O–H groups in total. The molecular formula is C27H43N3O2. The molecule has 0 bridgehead atoms. The molecule has 0 spiro atoms. The monoisotopic (exact) mass is 441 g/mol. The summed E-state index contributed by atoms with van der Waals surface area (Å²) >= 11 is 0. The highest BCUT2D eigenvalue weighted by molar-refractivity contribution is 6.01. The predicted molar refractivity (Wildman–Crippen MR) is 134 cm³/mol. The molecule has 0 atom stereocenters. The van der Waals surface area contributed by atoms with Crippen molar-refractivity contribution in [2.45, 2.75) is 110 Å². The van der Waals surface area contributed by atoms with Crippen LogP contribution in [0.1, 0.15) is 116 Å². The number of nitrogens with zero attached hydrogens (tertiary/aromatic N) is 1. The Hall–Kier alpha value is -2.17. The molecule has 0 aromatic heterocycles. The zero-order valence-corrected chi connectivity index (χ0v) is 20.3. The molecule has 1 aliphatic carbocycles. The summed E-state index contributed by atoms with van der Waals surface area (Å²) < 4.78 is 0. The van der Waals surface area contributed by atoms with Gasteiger partial charge in [-0.3, -0.25) is 9.59 Å². The first-order valence-electron chi connectivity index (χ1n) is 12.8. The van der Waals surface area contributed by atoms with Gasteiger partial charge >= 0.3 is 0 Å². The second-order valence-corrected chi connectivity index (χ2v) is 9.22. The highest BCUT2D eigenvalue weighted by atomic mass is 16.2. The van der Waals surface area contributed by atoms with Crippen LogP contribution in [0.5, 0.6) is 0 Å². The molecule has 1 aromatic rings. The molecule has 0 unspecified atom stereocenters. The molecule has 0 radical (unpaired) electrons. The summed E-state index contributed by atoms with van der Waals surface area (Å²) in [6.07, 6.45) is 17.2. The number of hydrogen-bond donors (Lipinski definition) is 2. The number of anilines is 1. The number of carbonyl (C=O) groups excluding carboxylic acids is 2. The molecule has 32 heavy (non-hydrogen) atoms.